The van der Waals surface area contributed by atoms with Gasteiger partial charge in [-0.15, -0.1) is 10.2 Å². The lowest BCUT2D eigenvalue weighted by Crippen LogP contribution is -1.95. The summed E-state index contributed by atoms with van der Waals surface area (Å²) in [4.78, 5) is 11.6. The summed E-state index contributed by atoms with van der Waals surface area (Å²) in [5, 5.41) is 20.4. The summed E-state index contributed by atoms with van der Waals surface area (Å²) in [6.07, 6.45) is 0. The number of Topliss-reactive ketones (excluding diaryl/α,β-unsaturated/α-hetero) is 1. The van der Waals surface area contributed by atoms with Crippen molar-refractivity contribution in [2.75, 3.05) is 5.32 Å². The number of para-hydroxylation sites is 1. The Labute approximate surface area is 128 Å². The fourth-order valence-electron chi connectivity index (χ4n) is 1.47. The van der Waals surface area contributed by atoms with Crippen molar-refractivity contribution in [1.29, 1.82) is 0 Å². The van der Waals surface area contributed by atoms with Crippen LogP contribution in [-0.2, 0) is 4.79 Å². The van der Waals surface area contributed by atoms with E-state index in [1.165, 1.54) is 31.3 Å². The van der Waals surface area contributed by atoms with Gasteiger partial charge in [0.2, 0.25) is 5.13 Å². The number of ketones is 1. The van der Waals surface area contributed by atoms with Crippen LogP contribution in [0.25, 0.3) is 0 Å². The maximum Gasteiger partial charge on any atom is 0.210 e. The van der Waals surface area contributed by atoms with Crippen molar-refractivity contribution in [2.45, 2.75) is 18.2 Å². The maximum atomic E-state index is 13.5. The summed E-state index contributed by atoms with van der Waals surface area (Å²) in [6, 6.07) is 6.22. The van der Waals surface area contributed by atoms with E-state index in [1.54, 1.807) is 18.2 Å². The van der Waals surface area contributed by atoms with Gasteiger partial charge in [0.25, 0.3) is 0 Å². The minimum Gasteiger partial charge on any atom is -0.511 e. The molecule has 0 saturated heterocycles. The van der Waals surface area contributed by atoms with Crippen LogP contribution in [0.2, 0.25) is 0 Å². The van der Waals surface area contributed by atoms with E-state index in [0.29, 0.717) is 15.2 Å². The highest BCUT2D eigenvalue weighted by Gasteiger charge is 2.14. The van der Waals surface area contributed by atoms with E-state index in [-0.39, 0.29) is 16.4 Å². The van der Waals surface area contributed by atoms with Crippen molar-refractivity contribution >= 4 is 39.7 Å². The Morgan fingerprint density at radius 3 is 2.67 bits per heavy atom. The molecule has 0 unspecified atom stereocenters. The SMILES string of the molecule is CC(=O)/C(Sc1nnc(Nc2ccccc2F)s1)=C(\C)O. The number of benzene rings is 1. The highest BCUT2D eigenvalue weighted by Crippen LogP contribution is 2.34. The third-order valence-electron chi connectivity index (χ3n) is 2.36. The second kappa shape index (κ2) is 6.68. The molecule has 0 saturated carbocycles. The molecule has 1 aromatic heterocycles. The number of aliphatic hydroxyl groups excluding tert-OH is 1. The fourth-order valence-corrected chi connectivity index (χ4v) is 3.16. The summed E-state index contributed by atoms with van der Waals surface area (Å²) in [5.41, 5.74) is 0.297. The van der Waals surface area contributed by atoms with E-state index in [9.17, 15) is 14.3 Å². The molecule has 0 fully saturated rings. The molecule has 0 radical (unpaired) electrons. The monoisotopic (exact) mass is 325 g/mol. The number of carbonyl (C=O) groups is 1. The summed E-state index contributed by atoms with van der Waals surface area (Å²) >= 11 is 2.20. The Bertz CT molecular complexity index is 696. The number of aliphatic hydroxyl groups is 1. The van der Waals surface area contributed by atoms with E-state index in [4.69, 9.17) is 0 Å². The maximum absolute atomic E-state index is 13.5. The van der Waals surface area contributed by atoms with Gasteiger partial charge < -0.3 is 10.4 Å². The molecule has 2 N–H and O–H groups in total. The number of allylic oxidation sites excluding steroid dienone is 2. The first kappa shape index (κ1) is 15.5. The first-order valence-corrected chi connectivity index (χ1v) is 7.54. The smallest absolute Gasteiger partial charge is 0.210 e. The van der Waals surface area contributed by atoms with Crippen LogP contribution in [0.1, 0.15) is 13.8 Å². The zero-order valence-electron chi connectivity index (χ0n) is 11.3. The van der Waals surface area contributed by atoms with Crippen LogP contribution in [-0.4, -0.2) is 21.1 Å². The Morgan fingerprint density at radius 1 is 1.33 bits per heavy atom. The normalized spacial score (nSPS) is 12.0. The standard InChI is InChI=1S/C13H12FN3O2S2/c1-7(18)11(8(2)19)20-13-17-16-12(21-13)15-10-6-4-3-5-9(10)14/h3-6,18H,1-2H3,(H,15,16)/b11-7-. The number of hydrogen-bond acceptors (Lipinski definition) is 7. The minimum atomic E-state index is -0.391. The number of carbonyl (C=O) groups excluding carboxylic acids is 1. The van der Waals surface area contributed by atoms with Gasteiger partial charge in [-0.05, 0) is 37.7 Å². The van der Waals surface area contributed by atoms with Crippen LogP contribution in [0.15, 0.2) is 39.3 Å². The topological polar surface area (TPSA) is 75.1 Å². The highest BCUT2D eigenvalue weighted by molar-refractivity contribution is 8.05. The lowest BCUT2D eigenvalue weighted by molar-refractivity contribution is -0.113. The molecule has 2 rings (SSSR count). The van der Waals surface area contributed by atoms with E-state index >= 15 is 0 Å². The molecule has 0 spiro atoms. The third kappa shape index (κ3) is 4.02. The zero-order valence-corrected chi connectivity index (χ0v) is 12.9. The molecule has 21 heavy (non-hydrogen) atoms. The largest absolute Gasteiger partial charge is 0.511 e. The van der Waals surface area contributed by atoms with Crippen LogP contribution in [0.5, 0.6) is 0 Å². The van der Waals surface area contributed by atoms with Gasteiger partial charge in [0.1, 0.15) is 11.6 Å². The first-order chi connectivity index (χ1) is 9.97. The van der Waals surface area contributed by atoms with Gasteiger partial charge in [0, 0.05) is 0 Å². The Hall–Kier alpha value is -1.93. The number of rotatable bonds is 5. The lowest BCUT2D eigenvalue weighted by Gasteiger charge is -2.02. The molecule has 0 aliphatic heterocycles. The number of hydrogen-bond donors (Lipinski definition) is 2. The molecule has 1 aromatic carbocycles. The predicted molar refractivity (Wildman–Crippen MR) is 81.5 cm³/mol. The van der Waals surface area contributed by atoms with Gasteiger partial charge in [0.05, 0.1) is 10.6 Å². The number of aromatic nitrogens is 2. The van der Waals surface area contributed by atoms with Crippen molar-refractivity contribution in [2.24, 2.45) is 0 Å². The molecule has 8 heteroatoms. The zero-order chi connectivity index (χ0) is 15.4. The van der Waals surface area contributed by atoms with E-state index in [0.717, 1.165) is 11.8 Å². The first-order valence-electron chi connectivity index (χ1n) is 5.91. The lowest BCUT2D eigenvalue weighted by atomic mass is 10.3. The van der Waals surface area contributed by atoms with Crippen molar-refractivity contribution in [3.8, 4) is 0 Å². The molecule has 1 heterocycles. The number of nitrogens with zero attached hydrogens (tertiary/aromatic N) is 2. The van der Waals surface area contributed by atoms with Crippen LogP contribution in [0, 0.1) is 5.82 Å². The Kier molecular flexibility index (Phi) is 4.92. The number of anilines is 2. The van der Waals surface area contributed by atoms with Gasteiger partial charge in [-0.3, -0.25) is 4.79 Å². The van der Waals surface area contributed by atoms with Gasteiger partial charge in [0.15, 0.2) is 10.1 Å². The summed E-state index contributed by atoms with van der Waals surface area (Å²) in [6.45, 7) is 2.80. The predicted octanol–water partition coefficient (Wildman–Crippen LogP) is 3.89. The third-order valence-corrected chi connectivity index (χ3v) is 4.54. The van der Waals surface area contributed by atoms with Crippen molar-refractivity contribution in [1.82, 2.24) is 10.2 Å². The molecule has 0 aliphatic rings. The summed E-state index contributed by atoms with van der Waals surface area (Å²) in [7, 11) is 0. The van der Waals surface area contributed by atoms with E-state index in [1.807, 2.05) is 0 Å². The molecular weight excluding hydrogens is 313 g/mol. The van der Waals surface area contributed by atoms with Crippen LogP contribution in [0.3, 0.4) is 0 Å². The molecule has 110 valence electrons. The van der Waals surface area contributed by atoms with Gasteiger partial charge in [-0.1, -0.05) is 23.5 Å². The molecule has 0 bridgehead atoms. The number of nitrogens with one attached hydrogen (secondary N) is 1. The van der Waals surface area contributed by atoms with Crippen LogP contribution in [0.4, 0.5) is 15.2 Å². The molecule has 0 aliphatic carbocycles. The second-order valence-electron chi connectivity index (χ2n) is 4.05. The fraction of sp³-hybridized carbons (Fsp3) is 0.154. The van der Waals surface area contributed by atoms with Crippen molar-refractivity contribution in [3.63, 3.8) is 0 Å². The average molecular weight is 325 g/mol. The molecule has 2 aromatic rings. The molecule has 0 atom stereocenters. The summed E-state index contributed by atoms with van der Waals surface area (Å²) < 4.78 is 14.0. The second-order valence-corrected chi connectivity index (χ2v) is 6.29. The van der Waals surface area contributed by atoms with Gasteiger partial charge >= 0.3 is 0 Å². The molecular formula is C13H12FN3O2S2. The van der Waals surface area contributed by atoms with Crippen molar-refractivity contribution in [3.05, 3.63) is 40.7 Å². The summed E-state index contributed by atoms with van der Waals surface area (Å²) in [5.74, 6) is -0.706. The van der Waals surface area contributed by atoms with E-state index in [2.05, 4.69) is 15.5 Å². The number of halogens is 1. The Balaban J connectivity index is 2.14. The van der Waals surface area contributed by atoms with Crippen LogP contribution < -0.4 is 5.32 Å². The van der Waals surface area contributed by atoms with Gasteiger partial charge in [-0.2, -0.15) is 0 Å². The average Bonchev–Trinajstić information content (AvgIpc) is 2.85. The minimum absolute atomic E-state index is 0.0636. The van der Waals surface area contributed by atoms with Crippen molar-refractivity contribution < 1.29 is 14.3 Å². The molecule has 5 nitrogen and oxygen atoms in total. The van der Waals surface area contributed by atoms with Gasteiger partial charge in [-0.25, -0.2) is 4.39 Å². The Morgan fingerprint density at radius 2 is 2.05 bits per heavy atom. The van der Waals surface area contributed by atoms with Crippen LogP contribution >= 0.6 is 23.1 Å². The molecule has 0 amide bonds. The number of thioether (sulfide) groups is 1. The van der Waals surface area contributed by atoms with E-state index < -0.39 is 5.82 Å². The quantitative estimate of drug-likeness (QED) is 0.493. The highest BCUT2D eigenvalue weighted by atomic mass is 32.2.